The maximum absolute atomic E-state index is 12.3. The van der Waals surface area contributed by atoms with Gasteiger partial charge in [-0.05, 0) is 12.1 Å². The lowest BCUT2D eigenvalue weighted by molar-refractivity contribution is 0.354. The molecule has 7 heteroatoms. The van der Waals surface area contributed by atoms with Crippen molar-refractivity contribution >= 4 is 22.9 Å². The molecule has 0 atom stereocenters. The van der Waals surface area contributed by atoms with Gasteiger partial charge in [-0.25, -0.2) is 0 Å². The van der Waals surface area contributed by atoms with E-state index in [4.69, 9.17) is 9.47 Å². The van der Waals surface area contributed by atoms with Gasteiger partial charge in [-0.3, -0.25) is 0 Å². The number of rotatable bonds is 4. The summed E-state index contributed by atoms with van der Waals surface area (Å²) in [6.07, 6.45) is -0.944. The smallest absolute Gasteiger partial charge is 0.482 e. The molecule has 0 heterocycles. The Morgan fingerprint density at radius 2 is 1.62 bits per heavy atom. The van der Waals surface area contributed by atoms with Crippen molar-refractivity contribution in [2.45, 2.75) is 6.32 Å². The fourth-order valence-electron chi connectivity index (χ4n) is 1.30. The minimum atomic E-state index is -4.86. The predicted molar refractivity (Wildman–Crippen MR) is 60.0 cm³/mol. The van der Waals surface area contributed by atoms with Crippen molar-refractivity contribution in [2.24, 2.45) is 0 Å². The van der Waals surface area contributed by atoms with Crippen LogP contribution < -0.4 is 9.47 Å². The van der Waals surface area contributed by atoms with Crippen molar-refractivity contribution in [2.75, 3.05) is 14.2 Å². The second-order valence-electron chi connectivity index (χ2n) is 3.21. The number of methoxy groups -OCH3 is 2. The van der Waals surface area contributed by atoms with E-state index in [1.807, 2.05) is 0 Å². The molecule has 0 saturated heterocycles. The van der Waals surface area contributed by atoms with Gasteiger partial charge >= 0.3 is 6.98 Å². The molecule has 0 spiro atoms. The lowest BCUT2D eigenvalue weighted by atomic mass is 9.82. The summed E-state index contributed by atoms with van der Waals surface area (Å²) < 4.78 is 47.2. The van der Waals surface area contributed by atoms with E-state index in [1.165, 1.54) is 26.4 Å². The van der Waals surface area contributed by atoms with Crippen LogP contribution in [-0.4, -0.2) is 21.2 Å². The van der Waals surface area contributed by atoms with Gasteiger partial charge in [0, 0.05) is 4.47 Å². The summed E-state index contributed by atoms with van der Waals surface area (Å²) in [6, 6.07) is 2.80. The third kappa shape index (κ3) is 3.33. The first-order chi connectivity index (χ1) is 7.37. The van der Waals surface area contributed by atoms with Gasteiger partial charge in [-0.15, -0.1) is 0 Å². The van der Waals surface area contributed by atoms with E-state index in [2.05, 4.69) is 15.9 Å². The molecule has 1 rings (SSSR count). The molecule has 0 aliphatic rings. The topological polar surface area (TPSA) is 18.5 Å². The molecule has 0 fully saturated rings. The van der Waals surface area contributed by atoms with Gasteiger partial charge in [0.05, 0.1) is 14.2 Å². The highest BCUT2D eigenvalue weighted by atomic mass is 79.9. The normalized spacial score (nSPS) is 11.4. The zero-order valence-electron chi connectivity index (χ0n) is 8.77. The summed E-state index contributed by atoms with van der Waals surface area (Å²) in [5.74, 6) is 0.688. The summed E-state index contributed by atoms with van der Waals surface area (Å²) in [5.41, 5.74) is 0.144. The zero-order chi connectivity index (χ0) is 12.3. The summed E-state index contributed by atoms with van der Waals surface area (Å²) in [6.45, 7) is -4.86. The van der Waals surface area contributed by atoms with Gasteiger partial charge in [-0.1, -0.05) is 27.8 Å². The lowest BCUT2D eigenvalue weighted by Crippen LogP contribution is -2.19. The molecule has 0 unspecified atom stereocenters. The Balaban J connectivity index is 3.11. The number of hydrogen-bond donors (Lipinski definition) is 0. The van der Waals surface area contributed by atoms with Crippen molar-refractivity contribution in [3.05, 3.63) is 22.2 Å². The van der Waals surface area contributed by atoms with E-state index >= 15 is 0 Å². The van der Waals surface area contributed by atoms with Crippen LogP contribution in [0.4, 0.5) is 12.9 Å². The largest absolute Gasteiger partial charge is 0.493 e. The second-order valence-corrected chi connectivity index (χ2v) is 4.07. The van der Waals surface area contributed by atoms with Gasteiger partial charge in [0.2, 0.25) is 0 Å². The summed E-state index contributed by atoms with van der Waals surface area (Å²) >= 11 is 3.08. The van der Waals surface area contributed by atoms with E-state index in [9.17, 15) is 12.9 Å². The van der Waals surface area contributed by atoms with Gasteiger partial charge in [0.25, 0.3) is 0 Å². The highest BCUT2D eigenvalue weighted by Crippen LogP contribution is 2.35. The molecule has 0 aliphatic heterocycles. The Hall–Kier alpha value is -0.845. The fraction of sp³-hybridized carbons (Fsp3) is 0.333. The molecule has 0 saturated carbocycles. The summed E-state index contributed by atoms with van der Waals surface area (Å²) in [5, 5.41) is 0. The monoisotopic (exact) mass is 297 g/mol. The zero-order valence-corrected chi connectivity index (χ0v) is 10.4. The maximum Gasteiger partial charge on any atom is 0.482 e. The number of benzene rings is 1. The lowest BCUT2D eigenvalue weighted by Gasteiger charge is -2.17. The standard InChI is InChI=1S/C9H10BBrF3O2/c1-15-8-3-6(5-10(12,13)14)7(11)4-9(8)16-2/h3-4H,5H2,1-2H3/q-1. The average molecular weight is 298 g/mol. The van der Waals surface area contributed by atoms with Crippen LogP contribution in [-0.2, 0) is 6.32 Å². The van der Waals surface area contributed by atoms with Gasteiger partial charge in [0.1, 0.15) is 0 Å². The number of hydrogen-bond acceptors (Lipinski definition) is 2. The molecule has 0 bridgehead atoms. The Morgan fingerprint density at radius 3 is 2.06 bits per heavy atom. The van der Waals surface area contributed by atoms with Gasteiger partial charge in [-0.2, -0.15) is 0 Å². The van der Waals surface area contributed by atoms with Crippen LogP contribution in [0.2, 0.25) is 0 Å². The van der Waals surface area contributed by atoms with E-state index in [0.29, 0.717) is 16.0 Å². The fourth-order valence-corrected chi connectivity index (χ4v) is 1.79. The highest BCUT2D eigenvalue weighted by Gasteiger charge is 2.25. The average Bonchev–Trinajstić information content (AvgIpc) is 2.18. The van der Waals surface area contributed by atoms with E-state index in [0.717, 1.165) is 0 Å². The van der Waals surface area contributed by atoms with Crippen molar-refractivity contribution < 1.29 is 22.4 Å². The van der Waals surface area contributed by atoms with Crippen LogP contribution in [0, 0.1) is 0 Å². The Morgan fingerprint density at radius 1 is 1.12 bits per heavy atom. The molecule has 16 heavy (non-hydrogen) atoms. The minimum Gasteiger partial charge on any atom is -0.493 e. The Labute approximate surface area is 99.9 Å². The van der Waals surface area contributed by atoms with E-state index in [1.54, 1.807) is 0 Å². The molecule has 0 amide bonds. The van der Waals surface area contributed by atoms with Crippen LogP contribution >= 0.6 is 15.9 Å². The molecule has 0 radical (unpaired) electrons. The van der Waals surface area contributed by atoms with Crippen molar-refractivity contribution in [1.29, 1.82) is 0 Å². The maximum atomic E-state index is 12.3. The molecule has 0 aromatic heterocycles. The van der Waals surface area contributed by atoms with Crippen LogP contribution in [0.15, 0.2) is 16.6 Å². The molecule has 0 aliphatic carbocycles. The van der Waals surface area contributed by atoms with Gasteiger partial charge < -0.3 is 22.4 Å². The third-order valence-corrected chi connectivity index (χ3v) is 2.74. The molecule has 1 aromatic rings. The highest BCUT2D eigenvalue weighted by molar-refractivity contribution is 9.10. The number of halogens is 4. The first kappa shape index (κ1) is 13.2. The Bertz CT molecular complexity index is 382. The van der Waals surface area contributed by atoms with Gasteiger partial charge in [0.15, 0.2) is 11.5 Å². The van der Waals surface area contributed by atoms with E-state index < -0.39 is 13.3 Å². The van der Waals surface area contributed by atoms with Crippen LogP contribution in [0.5, 0.6) is 11.5 Å². The molecule has 1 aromatic carbocycles. The Kier molecular flexibility index (Phi) is 4.12. The van der Waals surface area contributed by atoms with Crippen LogP contribution in [0.3, 0.4) is 0 Å². The van der Waals surface area contributed by atoms with Crippen LogP contribution in [0.25, 0.3) is 0 Å². The predicted octanol–water partition coefficient (Wildman–Crippen LogP) is 3.40. The van der Waals surface area contributed by atoms with E-state index in [-0.39, 0.29) is 5.56 Å². The first-order valence-corrected chi connectivity index (χ1v) is 5.28. The molecule has 90 valence electrons. The quantitative estimate of drug-likeness (QED) is 0.793. The summed E-state index contributed by atoms with van der Waals surface area (Å²) in [7, 11) is 2.81. The first-order valence-electron chi connectivity index (χ1n) is 4.48. The third-order valence-electron chi connectivity index (χ3n) is 2.00. The van der Waals surface area contributed by atoms with Crippen molar-refractivity contribution in [1.82, 2.24) is 0 Å². The van der Waals surface area contributed by atoms with Crippen molar-refractivity contribution in [3.8, 4) is 11.5 Å². The molecular weight excluding hydrogens is 288 g/mol. The second kappa shape index (κ2) is 4.99. The molecule has 2 nitrogen and oxygen atoms in total. The number of ether oxygens (including phenoxy) is 2. The van der Waals surface area contributed by atoms with Crippen LogP contribution in [0.1, 0.15) is 5.56 Å². The molecule has 0 N–H and O–H groups in total. The SMILES string of the molecule is COc1cc(Br)c(C[B-](F)(F)F)cc1OC. The van der Waals surface area contributed by atoms with Crippen molar-refractivity contribution in [3.63, 3.8) is 0 Å². The summed E-state index contributed by atoms with van der Waals surface area (Å²) in [4.78, 5) is 0. The minimum absolute atomic E-state index is 0.144. The molecular formula is C9H10BBrF3O2-.